The maximum Gasteiger partial charge on any atom is 0.229 e. The van der Waals surface area contributed by atoms with Gasteiger partial charge in [0.15, 0.2) is 0 Å². The highest BCUT2D eigenvalue weighted by Gasteiger charge is 2.51. The fraction of sp³-hybridized carbons (Fsp3) is 0.321. The van der Waals surface area contributed by atoms with Crippen LogP contribution in [0.25, 0.3) is 0 Å². The highest BCUT2D eigenvalue weighted by atomic mass is 19.1. The van der Waals surface area contributed by atoms with Crippen molar-refractivity contribution in [2.24, 2.45) is 5.92 Å². The zero-order valence-corrected chi connectivity index (χ0v) is 20.3. The number of anilines is 1. The van der Waals surface area contributed by atoms with Crippen LogP contribution < -0.4 is 19.1 Å². The maximum atomic E-state index is 14.4. The first-order valence-electron chi connectivity index (χ1n) is 11.6. The lowest BCUT2D eigenvalue weighted by Crippen LogP contribution is -2.45. The molecule has 0 N–H and O–H groups in total. The summed E-state index contributed by atoms with van der Waals surface area (Å²) in [6, 6.07) is 18.2. The van der Waals surface area contributed by atoms with Crippen molar-refractivity contribution >= 4 is 11.6 Å². The largest absolute Gasteiger partial charge is 0.497 e. The van der Waals surface area contributed by atoms with Gasteiger partial charge in [-0.25, -0.2) is 4.39 Å². The van der Waals surface area contributed by atoms with E-state index >= 15 is 0 Å². The molecular weight excluding hydrogens is 447 g/mol. The van der Waals surface area contributed by atoms with Crippen molar-refractivity contribution in [3.05, 3.63) is 83.2 Å². The molecule has 0 bridgehead atoms. The summed E-state index contributed by atoms with van der Waals surface area (Å²) in [5, 5.41) is 0. The van der Waals surface area contributed by atoms with Gasteiger partial charge in [-0.15, -0.1) is 0 Å². The van der Waals surface area contributed by atoms with Crippen LogP contribution in [0.15, 0.2) is 60.7 Å². The first kappa shape index (κ1) is 23.0. The molecule has 5 rings (SSSR count). The SMILES string of the molecule is COc1ccc([C@@H]2c3cc(F)ccc3N(C)[C@@H]3CN(Cc4ccc(OC)cc4OC)C(=O)[C@@H]23)cc1. The molecule has 1 saturated heterocycles. The average Bonchev–Trinajstić information content (AvgIpc) is 3.20. The first-order valence-corrected chi connectivity index (χ1v) is 11.6. The van der Waals surface area contributed by atoms with E-state index < -0.39 is 0 Å². The van der Waals surface area contributed by atoms with Gasteiger partial charge in [0.1, 0.15) is 23.1 Å². The summed E-state index contributed by atoms with van der Waals surface area (Å²) in [5.74, 6) is 1.26. The van der Waals surface area contributed by atoms with Gasteiger partial charge in [0.05, 0.1) is 33.3 Å². The molecule has 2 heterocycles. The van der Waals surface area contributed by atoms with E-state index in [1.54, 1.807) is 27.4 Å². The standard InChI is InChI=1S/C28H29FN2O4/c1-30-23-12-8-19(29)13-22(23)26(17-5-9-20(33-2)10-6-17)27-24(30)16-31(28(27)32)15-18-7-11-21(34-3)14-25(18)35-4/h5-14,24,26-27H,15-16H2,1-4H3/t24-,26-,27-/m1/s1. The van der Waals surface area contributed by atoms with Crippen LogP contribution in [0.5, 0.6) is 17.2 Å². The minimum absolute atomic E-state index is 0.0446. The van der Waals surface area contributed by atoms with E-state index in [9.17, 15) is 9.18 Å². The van der Waals surface area contributed by atoms with E-state index in [-0.39, 0.29) is 29.6 Å². The van der Waals surface area contributed by atoms with Crippen molar-refractivity contribution in [3.8, 4) is 17.2 Å². The van der Waals surface area contributed by atoms with Gasteiger partial charge in [-0.2, -0.15) is 0 Å². The molecule has 1 fully saturated rings. The molecule has 3 aromatic rings. The summed E-state index contributed by atoms with van der Waals surface area (Å²) in [4.78, 5) is 17.9. The molecule has 1 amide bonds. The molecule has 0 aromatic heterocycles. The number of ether oxygens (including phenoxy) is 3. The number of hydrogen-bond acceptors (Lipinski definition) is 5. The Morgan fingerprint density at radius 1 is 0.914 bits per heavy atom. The molecule has 0 saturated carbocycles. The van der Waals surface area contributed by atoms with Gasteiger partial charge < -0.3 is 24.0 Å². The number of halogens is 1. The van der Waals surface area contributed by atoms with Crippen molar-refractivity contribution in [1.82, 2.24) is 4.90 Å². The van der Waals surface area contributed by atoms with E-state index in [0.717, 1.165) is 28.1 Å². The van der Waals surface area contributed by atoms with Gasteiger partial charge in [0.2, 0.25) is 5.91 Å². The predicted octanol–water partition coefficient (Wildman–Crippen LogP) is 4.46. The second-order valence-corrected chi connectivity index (χ2v) is 9.05. The zero-order chi connectivity index (χ0) is 24.7. The van der Waals surface area contributed by atoms with Crippen LogP contribution in [0.3, 0.4) is 0 Å². The quantitative estimate of drug-likeness (QED) is 0.526. The second-order valence-electron chi connectivity index (χ2n) is 9.05. The number of benzene rings is 3. The molecule has 0 aliphatic carbocycles. The maximum absolute atomic E-state index is 14.4. The Balaban J connectivity index is 1.54. The lowest BCUT2D eigenvalue weighted by Gasteiger charge is -2.41. The summed E-state index contributed by atoms with van der Waals surface area (Å²) in [6.45, 7) is 0.992. The Morgan fingerprint density at radius 3 is 2.31 bits per heavy atom. The molecule has 3 atom stereocenters. The summed E-state index contributed by atoms with van der Waals surface area (Å²) < 4.78 is 30.6. The average molecular weight is 477 g/mol. The number of methoxy groups -OCH3 is 3. The van der Waals surface area contributed by atoms with E-state index in [2.05, 4.69) is 4.90 Å². The molecular formula is C28H29FN2O4. The van der Waals surface area contributed by atoms with Crippen LogP contribution in [0.1, 0.15) is 22.6 Å². The Kier molecular flexibility index (Phi) is 6.01. The summed E-state index contributed by atoms with van der Waals surface area (Å²) in [5.41, 5.74) is 3.66. The highest BCUT2D eigenvalue weighted by Crippen LogP contribution is 2.49. The minimum atomic E-state index is -0.341. The number of fused-ring (bicyclic) bond motifs is 2. The van der Waals surface area contributed by atoms with Gasteiger partial charge in [-0.3, -0.25) is 4.79 Å². The molecule has 182 valence electrons. The van der Waals surface area contributed by atoms with Crippen LogP contribution >= 0.6 is 0 Å². The summed E-state index contributed by atoms with van der Waals surface area (Å²) in [6.07, 6.45) is 0. The Bertz CT molecular complexity index is 1250. The Hall–Kier alpha value is -3.74. The molecule has 2 aliphatic heterocycles. The van der Waals surface area contributed by atoms with Crippen molar-refractivity contribution in [3.63, 3.8) is 0 Å². The zero-order valence-electron chi connectivity index (χ0n) is 20.3. The third kappa shape index (κ3) is 3.95. The normalized spacial score (nSPS) is 20.9. The Morgan fingerprint density at radius 2 is 1.63 bits per heavy atom. The molecule has 0 spiro atoms. The van der Waals surface area contributed by atoms with E-state index in [1.807, 2.05) is 60.5 Å². The van der Waals surface area contributed by atoms with Gasteiger partial charge in [-0.05, 0) is 53.6 Å². The lowest BCUT2D eigenvalue weighted by atomic mass is 9.74. The van der Waals surface area contributed by atoms with Crippen LogP contribution in [0.4, 0.5) is 10.1 Å². The number of amides is 1. The number of likely N-dealkylation sites (N-methyl/N-ethyl adjacent to an activating group) is 1. The molecule has 6 nitrogen and oxygen atoms in total. The fourth-order valence-corrected chi connectivity index (χ4v) is 5.53. The fourth-order valence-electron chi connectivity index (χ4n) is 5.53. The molecule has 35 heavy (non-hydrogen) atoms. The predicted molar refractivity (Wildman–Crippen MR) is 132 cm³/mol. The second kappa shape index (κ2) is 9.13. The number of carbonyl (C=O) groups excluding carboxylic acids is 1. The van der Waals surface area contributed by atoms with Gasteiger partial charge in [0, 0.05) is 43.4 Å². The van der Waals surface area contributed by atoms with Gasteiger partial charge in [0.25, 0.3) is 0 Å². The van der Waals surface area contributed by atoms with Crippen LogP contribution in [-0.4, -0.2) is 51.8 Å². The summed E-state index contributed by atoms with van der Waals surface area (Å²) >= 11 is 0. The van der Waals surface area contributed by atoms with Crippen LogP contribution in [0, 0.1) is 11.7 Å². The van der Waals surface area contributed by atoms with Gasteiger partial charge >= 0.3 is 0 Å². The first-order chi connectivity index (χ1) is 16.9. The topological polar surface area (TPSA) is 51.2 Å². The number of hydrogen-bond donors (Lipinski definition) is 0. The molecule has 2 aliphatic rings. The van der Waals surface area contributed by atoms with Crippen molar-refractivity contribution in [2.45, 2.75) is 18.5 Å². The van der Waals surface area contributed by atoms with Crippen LogP contribution in [-0.2, 0) is 11.3 Å². The number of rotatable bonds is 6. The highest BCUT2D eigenvalue weighted by molar-refractivity contribution is 5.87. The number of nitrogens with zero attached hydrogens (tertiary/aromatic N) is 2. The van der Waals surface area contributed by atoms with Crippen molar-refractivity contribution in [1.29, 1.82) is 0 Å². The smallest absolute Gasteiger partial charge is 0.229 e. The third-order valence-electron chi connectivity index (χ3n) is 7.31. The number of carbonyl (C=O) groups is 1. The lowest BCUT2D eigenvalue weighted by molar-refractivity contribution is -0.131. The molecule has 3 aromatic carbocycles. The summed E-state index contributed by atoms with van der Waals surface area (Å²) in [7, 11) is 6.84. The van der Waals surface area contributed by atoms with Crippen molar-refractivity contribution in [2.75, 3.05) is 39.8 Å². The monoisotopic (exact) mass is 476 g/mol. The third-order valence-corrected chi connectivity index (χ3v) is 7.31. The Labute approximate surface area is 204 Å². The van der Waals surface area contributed by atoms with Crippen LogP contribution in [0.2, 0.25) is 0 Å². The molecule has 0 radical (unpaired) electrons. The van der Waals surface area contributed by atoms with E-state index in [1.165, 1.54) is 6.07 Å². The van der Waals surface area contributed by atoms with E-state index in [4.69, 9.17) is 14.2 Å². The van der Waals surface area contributed by atoms with E-state index in [0.29, 0.717) is 24.6 Å². The van der Waals surface area contributed by atoms with Crippen molar-refractivity contribution < 1.29 is 23.4 Å². The number of likely N-dealkylation sites (tertiary alicyclic amines) is 1. The van der Waals surface area contributed by atoms with Gasteiger partial charge in [-0.1, -0.05) is 12.1 Å². The molecule has 7 heteroatoms. The minimum Gasteiger partial charge on any atom is -0.497 e. The molecule has 0 unspecified atom stereocenters.